The maximum Gasteiger partial charge on any atom is 0.317 e. The number of rotatable bonds is 3. The average Bonchev–Trinajstić information content (AvgIpc) is 1.61. The minimum absolute atomic E-state index is 0. The molecule has 0 amide bonds. The Hall–Kier alpha value is 2.43. The van der Waals surface area contributed by atoms with Crippen LogP contribution in [0.4, 0.5) is 0 Å². The summed E-state index contributed by atoms with van der Waals surface area (Å²) < 4.78 is 0. The SMILES string of the molecule is CCNCC(=O)O.[Na].[Na].[Na]. The number of aliphatic carboxylic acids is 1. The minimum atomic E-state index is -0.804. The third-order valence-electron chi connectivity index (χ3n) is 0.526. The Morgan fingerprint density at radius 2 is 1.80 bits per heavy atom. The number of likely N-dealkylation sites (N-methyl/N-ethyl adjacent to an activating group) is 1. The van der Waals surface area contributed by atoms with Crippen LogP contribution >= 0.6 is 0 Å². The Balaban J connectivity index is -0.0000000600. The molecule has 0 spiro atoms. The summed E-state index contributed by atoms with van der Waals surface area (Å²) in [7, 11) is 0. The van der Waals surface area contributed by atoms with Crippen LogP contribution in [0.15, 0.2) is 0 Å². The first-order chi connectivity index (χ1) is 3.27. The first kappa shape index (κ1) is 22.9. The normalized spacial score (nSPS) is 6.10. The standard InChI is InChI=1S/C4H9NO2.3Na/c1-2-5-3-4(6)7;;;/h5H,2-3H2,1H3,(H,6,7);;;. The number of hydrogen-bond donors (Lipinski definition) is 2. The van der Waals surface area contributed by atoms with Crippen molar-refractivity contribution < 1.29 is 9.90 Å². The molecule has 6 heteroatoms. The van der Waals surface area contributed by atoms with Gasteiger partial charge in [0.1, 0.15) is 0 Å². The van der Waals surface area contributed by atoms with E-state index in [1.54, 1.807) is 0 Å². The summed E-state index contributed by atoms with van der Waals surface area (Å²) in [6, 6.07) is 0. The van der Waals surface area contributed by atoms with Gasteiger partial charge in [-0.05, 0) is 6.54 Å². The van der Waals surface area contributed by atoms with Crippen molar-refractivity contribution in [2.24, 2.45) is 0 Å². The molecule has 0 aromatic heterocycles. The van der Waals surface area contributed by atoms with E-state index in [9.17, 15) is 4.79 Å². The molecule has 0 fully saturated rings. The predicted molar refractivity (Wildman–Crippen MR) is 43.4 cm³/mol. The van der Waals surface area contributed by atoms with Gasteiger partial charge < -0.3 is 10.4 Å². The van der Waals surface area contributed by atoms with Crippen molar-refractivity contribution >= 4 is 94.6 Å². The zero-order valence-corrected chi connectivity index (χ0v) is 13.3. The summed E-state index contributed by atoms with van der Waals surface area (Å²) in [4.78, 5) is 9.70. The molecule has 0 unspecified atom stereocenters. The third kappa shape index (κ3) is 22.4. The van der Waals surface area contributed by atoms with Crippen molar-refractivity contribution in [2.45, 2.75) is 6.92 Å². The summed E-state index contributed by atoms with van der Waals surface area (Å²) in [6.07, 6.45) is 0. The van der Waals surface area contributed by atoms with Crippen LogP contribution in [0.3, 0.4) is 0 Å². The summed E-state index contributed by atoms with van der Waals surface area (Å²) in [5.74, 6) is -0.804. The van der Waals surface area contributed by atoms with Crippen molar-refractivity contribution in [3.05, 3.63) is 0 Å². The van der Waals surface area contributed by atoms with Gasteiger partial charge in [0, 0.05) is 88.7 Å². The molecule has 0 heterocycles. The molecule has 3 nitrogen and oxygen atoms in total. The Labute approximate surface area is 128 Å². The number of hydrogen-bond acceptors (Lipinski definition) is 2. The van der Waals surface area contributed by atoms with Gasteiger partial charge in [-0.2, -0.15) is 0 Å². The van der Waals surface area contributed by atoms with Crippen LogP contribution in [0.2, 0.25) is 0 Å². The van der Waals surface area contributed by atoms with E-state index < -0.39 is 5.97 Å². The van der Waals surface area contributed by atoms with Crippen molar-refractivity contribution in [3.63, 3.8) is 0 Å². The topological polar surface area (TPSA) is 49.3 Å². The fourth-order valence-corrected chi connectivity index (χ4v) is 0.232. The summed E-state index contributed by atoms with van der Waals surface area (Å²) in [5, 5.41) is 10.6. The van der Waals surface area contributed by atoms with Gasteiger partial charge in [-0.1, -0.05) is 6.92 Å². The van der Waals surface area contributed by atoms with Crippen LogP contribution in [0.1, 0.15) is 6.92 Å². The molecule has 0 aliphatic carbocycles. The van der Waals surface area contributed by atoms with Crippen LogP contribution in [-0.4, -0.2) is 113 Å². The summed E-state index contributed by atoms with van der Waals surface area (Å²) in [5.41, 5.74) is 0. The molecule has 2 N–H and O–H groups in total. The van der Waals surface area contributed by atoms with Gasteiger partial charge in [-0.25, -0.2) is 0 Å². The Kier molecular flexibility index (Phi) is 40.0. The van der Waals surface area contributed by atoms with E-state index >= 15 is 0 Å². The zero-order chi connectivity index (χ0) is 5.70. The fraction of sp³-hybridized carbons (Fsp3) is 0.750. The smallest absolute Gasteiger partial charge is 0.317 e. The molecule has 0 aliphatic heterocycles. The molecule has 0 saturated heterocycles. The van der Waals surface area contributed by atoms with Crippen LogP contribution in [0.5, 0.6) is 0 Å². The first-order valence-corrected chi connectivity index (χ1v) is 2.20. The van der Waals surface area contributed by atoms with E-state index in [0.29, 0.717) is 6.54 Å². The van der Waals surface area contributed by atoms with E-state index in [0.717, 1.165) is 0 Å². The molecule has 0 rings (SSSR count). The summed E-state index contributed by atoms with van der Waals surface area (Å²) in [6.45, 7) is 2.64. The quantitative estimate of drug-likeness (QED) is 0.511. The van der Waals surface area contributed by atoms with Gasteiger partial charge >= 0.3 is 5.97 Å². The molecule has 0 bridgehead atoms. The Morgan fingerprint density at radius 1 is 1.40 bits per heavy atom. The van der Waals surface area contributed by atoms with Crippen molar-refractivity contribution in [3.8, 4) is 0 Å². The van der Waals surface area contributed by atoms with Gasteiger partial charge in [0.2, 0.25) is 0 Å². The third-order valence-corrected chi connectivity index (χ3v) is 0.526. The molecule has 0 aromatic carbocycles. The van der Waals surface area contributed by atoms with Gasteiger partial charge in [0.15, 0.2) is 0 Å². The predicted octanol–water partition coefficient (Wildman–Crippen LogP) is -1.46. The van der Waals surface area contributed by atoms with E-state index in [1.807, 2.05) is 6.92 Å². The van der Waals surface area contributed by atoms with Gasteiger partial charge in [-0.15, -0.1) is 0 Å². The van der Waals surface area contributed by atoms with Gasteiger partial charge in [0.05, 0.1) is 6.54 Å². The largest absolute Gasteiger partial charge is 0.480 e. The molecule has 3 radical (unpaired) electrons. The first-order valence-electron chi connectivity index (χ1n) is 2.20. The Bertz CT molecular complexity index is 71.5. The number of carboxylic acids is 1. The molecular formula is C4H9NNa3O2. The molecule has 0 saturated carbocycles. The number of nitrogens with one attached hydrogen (secondary N) is 1. The van der Waals surface area contributed by atoms with E-state index in [2.05, 4.69) is 5.32 Å². The number of carboxylic acid groups (broad SMARTS) is 1. The monoisotopic (exact) mass is 172 g/mol. The minimum Gasteiger partial charge on any atom is -0.480 e. The van der Waals surface area contributed by atoms with Gasteiger partial charge in [-0.3, -0.25) is 4.79 Å². The molecule has 0 aliphatic rings. The van der Waals surface area contributed by atoms with Crippen LogP contribution in [0.25, 0.3) is 0 Å². The van der Waals surface area contributed by atoms with E-state index in [4.69, 9.17) is 5.11 Å². The average molecular weight is 172 g/mol. The van der Waals surface area contributed by atoms with Crippen LogP contribution < -0.4 is 5.32 Å². The van der Waals surface area contributed by atoms with Crippen LogP contribution in [0, 0.1) is 0 Å². The molecule has 10 heavy (non-hydrogen) atoms. The van der Waals surface area contributed by atoms with Crippen molar-refractivity contribution in [1.29, 1.82) is 0 Å². The summed E-state index contributed by atoms with van der Waals surface area (Å²) >= 11 is 0. The molecular weight excluding hydrogens is 163 g/mol. The maximum atomic E-state index is 9.70. The Morgan fingerprint density at radius 3 is 1.90 bits per heavy atom. The van der Waals surface area contributed by atoms with Crippen molar-refractivity contribution in [2.75, 3.05) is 13.1 Å². The van der Waals surface area contributed by atoms with Crippen molar-refractivity contribution in [1.82, 2.24) is 5.32 Å². The van der Waals surface area contributed by atoms with Crippen LogP contribution in [-0.2, 0) is 4.79 Å². The number of carbonyl (C=O) groups is 1. The molecule has 0 aromatic rings. The van der Waals surface area contributed by atoms with Gasteiger partial charge in [0.25, 0.3) is 0 Å². The molecule has 45 valence electrons. The molecule has 0 atom stereocenters. The second-order valence-electron chi connectivity index (χ2n) is 1.17. The maximum absolute atomic E-state index is 9.70. The zero-order valence-electron chi connectivity index (χ0n) is 7.27. The van der Waals surface area contributed by atoms with E-state index in [1.165, 1.54) is 0 Å². The fourth-order valence-electron chi connectivity index (χ4n) is 0.232. The second kappa shape index (κ2) is 17.5. The second-order valence-corrected chi connectivity index (χ2v) is 1.17. The van der Waals surface area contributed by atoms with E-state index in [-0.39, 0.29) is 95.2 Å².